The van der Waals surface area contributed by atoms with Crippen LogP contribution in [0.2, 0.25) is 0 Å². The highest BCUT2D eigenvalue weighted by Crippen LogP contribution is 2.36. The van der Waals surface area contributed by atoms with Crippen LogP contribution in [0.3, 0.4) is 0 Å². The number of ether oxygens (including phenoxy) is 3. The summed E-state index contributed by atoms with van der Waals surface area (Å²) >= 11 is 0. The van der Waals surface area contributed by atoms with Crippen molar-refractivity contribution in [3.8, 4) is 5.75 Å². The van der Waals surface area contributed by atoms with E-state index in [-0.39, 0.29) is 0 Å². The number of aryl methyl sites for hydroxylation is 1. The summed E-state index contributed by atoms with van der Waals surface area (Å²) in [7, 11) is 3.03. The molecule has 1 unspecified atom stereocenters. The van der Waals surface area contributed by atoms with Crippen LogP contribution in [0, 0.1) is 0 Å². The first-order chi connectivity index (χ1) is 13.8. The van der Waals surface area contributed by atoms with E-state index >= 15 is 0 Å². The topological polar surface area (TPSA) is 123 Å². The van der Waals surface area contributed by atoms with E-state index in [2.05, 4.69) is 21.8 Å². The molecule has 1 heterocycles. The van der Waals surface area contributed by atoms with Gasteiger partial charge in [0.2, 0.25) is 0 Å². The van der Waals surface area contributed by atoms with Crippen LogP contribution in [0.5, 0.6) is 5.75 Å². The van der Waals surface area contributed by atoms with Gasteiger partial charge >= 0.3 is 18.1 Å². The Hall–Kier alpha value is -3.07. The minimum absolute atomic E-state index is 0.512. The Kier molecular flexibility index (Phi) is 8.02. The minimum Gasteiger partial charge on any atom is -0.497 e. The predicted molar refractivity (Wildman–Crippen MR) is 102 cm³/mol. The van der Waals surface area contributed by atoms with Crippen LogP contribution in [0.1, 0.15) is 29.9 Å². The smallest absolute Gasteiger partial charge is 0.497 e. The molecule has 1 aliphatic carbocycles. The van der Waals surface area contributed by atoms with Crippen molar-refractivity contribution in [1.82, 2.24) is 4.90 Å². The molecule has 0 aromatic heterocycles. The molecule has 9 nitrogen and oxygen atoms in total. The zero-order valence-corrected chi connectivity index (χ0v) is 16.4. The van der Waals surface area contributed by atoms with Gasteiger partial charge in [-0.05, 0) is 54.5 Å². The predicted octanol–water partition coefficient (Wildman–Crippen LogP) is 2.25. The zero-order valence-electron chi connectivity index (χ0n) is 16.4. The van der Waals surface area contributed by atoms with Crippen LogP contribution in [-0.2, 0) is 25.5 Å². The van der Waals surface area contributed by atoms with Gasteiger partial charge in [0, 0.05) is 13.1 Å². The average molecular weight is 407 g/mol. The third kappa shape index (κ3) is 6.49. The van der Waals surface area contributed by atoms with E-state index in [1.165, 1.54) is 18.2 Å². The number of methoxy groups -OCH3 is 2. The number of carbonyl (C=O) groups excluding carboxylic acids is 1. The van der Waals surface area contributed by atoms with Gasteiger partial charge in [-0.2, -0.15) is 0 Å². The molecule has 0 fully saturated rings. The molecular formula is C20H25NO8. The lowest BCUT2D eigenvalue weighted by atomic mass is 9.99. The number of rotatable bonds is 4. The Morgan fingerprint density at radius 2 is 1.90 bits per heavy atom. The largest absolute Gasteiger partial charge is 0.513 e. The maximum absolute atomic E-state index is 11.2. The minimum atomic E-state index is -1.82. The van der Waals surface area contributed by atoms with Gasteiger partial charge in [0.05, 0.1) is 20.8 Å². The maximum Gasteiger partial charge on any atom is 0.513 e. The molecule has 0 amide bonds. The summed E-state index contributed by atoms with van der Waals surface area (Å²) in [5, 5.41) is 14.8. The highest BCUT2D eigenvalue weighted by Gasteiger charge is 2.26. The lowest BCUT2D eigenvalue weighted by Crippen LogP contribution is -2.34. The number of aliphatic carboxylic acids is 2. The van der Waals surface area contributed by atoms with Gasteiger partial charge in [0.25, 0.3) is 0 Å². The molecule has 0 radical (unpaired) electrons. The Morgan fingerprint density at radius 1 is 1.17 bits per heavy atom. The molecule has 9 heteroatoms. The normalized spacial score (nSPS) is 17.9. The molecule has 29 heavy (non-hydrogen) atoms. The Balaban J connectivity index is 0.000000438. The van der Waals surface area contributed by atoms with Crippen molar-refractivity contribution >= 4 is 18.1 Å². The van der Waals surface area contributed by atoms with Crippen LogP contribution < -0.4 is 4.74 Å². The van der Waals surface area contributed by atoms with Crippen molar-refractivity contribution in [3.05, 3.63) is 41.2 Å². The first-order valence-corrected chi connectivity index (χ1v) is 9.14. The quantitative estimate of drug-likeness (QED) is 0.571. The molecule has 2 N–H and O–H groups in total. The Bertz CT molecular complexity index is 777. The van der Waals surface area contributed by atoms with Gasteiger partial charge in [-0.25, -0.2) is 14.4 Å². The molecule has 0 bridgehead atoms. The third-order valence-electron chi connectivity index (χ3n) is 4.79. The van der Waals surface area contributed by atoms with Crippen molar-refractivity contribution < 1.29 is 38.8 Å². The summed E-state index contributed by atoms with van der Waals surface area (Å²) < 4.78 is 15.1. The van der Waals surface area contributed by atoms with Gasteiger partial charge in [0.15, 0.2) is 0 Å². The number of carbonyl (C=O) groups is 3. The summed E-state index contributed by atoms with van der Waals surface area (Å²) in [6, 6.07) is 6.38. The molecule has 0 saturated heterocycles. The fraction of sp³-hybridized carbons (Fsp3) is 0.450. The van der Waals surface area contributed by atoms with Crippen molar-refractivity contribution in [2.75, 3.05) is 33.9 Å². The molecule has 1 aliphatic heterocycles. The van der Waals surface area contributed by atoms with Crippen molar-refractivity contribution in [2.24, 2.45) is 0 Å². The second kappa shape index (κ2) is 10.5. The number of nitrogens with zero attached hydrogens (tertiary/aromatic N) is 1. The van der Waals surface area contributed by atoms with Gasteiger partial charge in [-0.15, -0.1) is 0 Å². The fourth-order valence-electron chi connectivity index (χ4n) is 3.44. The SMILES string of the molecule is COC(=O)OC1=CCCN(CC2CCc3ccc(OC)cc32)C1.O=C(O)C(=O)O. The fourth-order valence-corrected chi connectivity index (χ4v) is 3.44. The molecule has 3 rings (SSSR count). The summed E-state index contributed by atoms with van der Waals surface area (Å²) in [6.45, 7) is 2.62. The maximum atomic E-state index is 11.2. The van der Waals surface area contributed by atoms with E-state index in [0.717, 1.165) is 38.1 Å². The second-order valence-corrected chi connectivity index (χ2v) is 6.66. The number of carboxylic acid groups (broad SMARTS) is 2. The van der Waals surface area contributed by atoms with Crippen LogP contribution in [0.15, 0.2) is 30.0 Å². The zero-order chi connectivity index (χ0) is 21.4. The molecule has 158 valence electrons. The molecular weight excluding hydrogens is 382 g/mol. The lowest BCUT2D eigenvalue weighted by molar-refractivity contribution is -0.159. The van der Waals surface area contributed by atoms with E-state index in [9.17, 15) is 4.79 Å². The number of hydrogen-bond donors (Lipinski definition) is 2. The van der Waals surface area contributed by atoms with Crippen LogP contribution >= 0.6 is 0 Å². The van der Waals surface area contributed by atoms with Gasteiger partial charge in [-0.1, -0.05) is 6.07 Å². The summed E-state index contributed by atoms with van der Waals surface area (Å²) in [5.41, 5.74) is 2.82. The van der Waals surface area contributed by atoms with Crippen molar-refractivity contribution in [1.29, 1.82) is 0 Å². The summed E-state index contributed by atoms with van der Waals surface area (Å²) in [6.07, 6.45) is 4.51. The third-order valence-corrected chi connectivity index (χ3v) is 4.79. The molecule has 2 aliphatic rings. The highest BCUT2D eigenvalue weighted by atomic mass is 16.7. The van der Waals surface area contributed by atoms with E-state index in [0.29, 0.717) is 18.2 Å². The first-order valence-electron chi connectivity index (χ1n) is 9.14. The van der Waals surface area contributed by atoms with Gasteiger partial charge in [0.1, 0.15) is 11.5 Å². The van der Waals surface area contributed by atoms with Crippen molar-refractivity contribution in [2.45, 2.75) is 25.2 Å². The second-order valence-electron chi connectivity index (χ2n) is 6.66. The molecule has 1 atom stereocenters. The van der Waals surface area contributed by atoms with E-state index in [4.69, 9.17) is 29.3 Å². The summed E-state index contributed by atoms with van der Waals surface area (Å²) in [4.78, 5) is 31.8. The molecule has 1 aromatic rings. The Labute approximate surface area is 168 Å². The van der Waals surface area contributed by atoms with Gasteiger partial charge in [-0.3, -0.25) is 4.90 Å². The number of carboxylic acids is 2. The number of hydrogen-bond acceptors (Lipinski definition) is 7. The first kappa shape index (κ1) is 22.2. The number of fused-ring (bicyclic) bond motifs is 1. The van der Waals surface area contributed by atoms with Gasteiger partial charge < -0.3 is 24.4 Å². The molecule has 0 saturated carbocycles. The van der Waals surface area contributed by atoms with E-state index in [1.807, 2.05) is 12.1 Å². The highest BCUT2D eigenvalue weighted by molar-refractivity contribution is 6.27. The van der Waals surface area contributed by atoms with Crippen LogP contribution in [-0.4, -0.2) is 67.1 Å². The van der Waals surface area contributed by atoms with E-state index < -0.39 is 18.1 Å². The van der Waals surface area contributed by atoms with Crippen molar-refractivity contribution in [3.63, 3.8) is 0 Å². The Morgan fingerprint density at radius 3 is 2.52 bits per heavy atom. The average Bonchev–Trinajstić information content (AvgIpc) is 3.10. The molecule has 1 aromatic carbocycles. The van der Waals surface area contributed by atoms with E-state index in [1.54, 1.807) is 7.11 Å². The van der Waals surface area contributed by atoms with Crippen LogP contribution in [0.25, 0.3) is 0 Å². The standard InChI is InChI=1S/C18H23NO4.C2H2O4/c1-21-15-8-7-13-5-6-14(17(13)10-15)11-19-9-3-4-16(12-19)23-18(20)22-2;3-1(4)2(5)6/h4,7-8,10,14H,3,5-6,9,11-12H2,1-2H3;(H,3,4)(H,5,6). The number of benzene rings is 1. The van der Waals surface area contributed by atoms with Crippen LogP contribution in [0.4, 0.5) is 4.79 Å². The molecule has 0 spiro atoms. The lowest BCUT2D eigenvalue weighted by Gasteiger charge is -2.29. The summed E-state index contributed by atoms with van der Waals surface area (Å²) in [5.74, 6) is -1.53. The monoisotopic (exact) mass is 407 g/mol.